The molecule has 1 aliphatic carbocycles. The lowest BCUT2D eigenvalue weighted by Crippen LogP contribution is -2.28. The Balaban J connectivity index is 0.000000238. The van der Waals surface area contributed by atoms with Crippen LogP contribution in [0.4, 0.5) is 5.69 Å². The maximum absolute atomic E-state index is 10.8. The largest absolute Gasteiger partial charge is 0.481 e. The Morgan fingerprint density at radius 1 is 1.30 bits per heavy atom. The number of nitrogens with one attached hydrogen (secondary N) is 1. The van der Waals surface area contributed by atoms with Gasteiger partial charge in [-0.1, -0.05) is 42.5 Å². The van der Waals surface area contributed by atoms with Crippen molar-refractivity contribution in [2.45, 2.75) is 13.3 Å². The first-order chi connectivity index (χ1) is 10.9. The molecule has 0 aliphatic heterocycles. The smallest absolute Gasteiger partial charge is 0.331 e. The van der Waals surface area contributed by atoms with Gasteiger partial charge in [0.25, 0.3) is 0 Å². The van der Waals surface area contributed by atoms with Crippen molar-refractivity contribution in [2.24, 2.45) is 5.41 Å². The molecule has 0 heterocycles. The summed E-state index contributed by atoms with van der Waals surface area (Å²) in [4.78, 5) is 21.3. The molecular formula is C18H21NO4. The van der Waals surface area contributed by atoms with Gasteiger partial charge in [-0.25, -0.2) is 4.79 Å². The lowest BCUT2D eigenvalue weighted by atomic mass is 9.80. The average Bonchev–Trinajstić information content (AvgIpc) is 2.54. The molecule has 5 heteroatoms. The number of allylic oxidation sites excluding steroid dienone is 2. The molecule has 0 fully saturated rings. The standard InChI is InChI=1S/C9H11N.C9H10O4/c1-2-8-10-9-6-4-3-5-7-9;1-9(8(12)13)4-2-3-6(5-9)7(10)11/h2-7,10H,1,8H2;2-4H,5H2,1H3,(H,10,11)(H,12,13). The maximum Gasteiger partial charge on any atom is 0.331 e. The molecule has 23 heavy (non-hydrogen) atoms. The number of rotatable bonds is 5. The molecule has 1 unspecified atom stereocenters. The molecule has 1 aliphatic rings. The van der Waals surface area contributed by atoms with E-state index in [1.807, 2.05) is 36.4 Å². The van der Waals surface area contributed by atoms with E-state index in [0.29, 0.717) is 0 Å². The third-order valence-corrected chi connectivity index (χ3v) is 3.31. The van der Waals surface area contributed by atoms with Crippen LogP contribution in [0.5, 0.6) is 0 Å². The van der Waals surface area contributed by atoms with Gasteiger partial charge in [-0.05, 0) is 25.5 Å². The van der Waals surface area contributed by atoms with Crippen LogP contribution in [0, 0.1) is 5.41 Å². The number of carboxylic acid groups (broad SMARTS) is 2. The summed E-state index contributed by atoms with van der Waals surface area (Å²) < 4.78 is 0. The zero-order valence-corrected chi connectivity index (χ0v) is 13.0. The predicted molar refractivity (Wildman–Crippen MR) is 90.3 cm³/mol. The molecule has 0 saturated carbocycles. The number of carbonyl (C=O) groups is 2. The van der Waals surface area contributed by atoms with Crippen molar-refractivity contribution < 1.29 is 19.8 Å². The molecular weight excluding hydrogens is 294 g/mol. The van der Waals surface area contributed by atoms with Gasteiger partial charge in [-0.2, -0.15) is 0 Å². The molecule has 0 bridgehead atoms. The van der Waals surface area contributed by atoms with Crippen molar-refractivity contribution >= 4 is 17.6 Å². The number of hydrogen-bond acceptors (Lipinski definition) is 3. The Kier molecular flexibility index (Phi) is 6.80. The third kappa shape index (κ3) is 5.82. The summed E-state index contributed by atoms with van der Waals surface area (Å²) in [6.07, 6.45) is 6.27. The Morgan fingerprint density at radius 2 is 1.96 bits per heavy atom. The number of hydrogen-bond donors (Lipinski definition) is 3. The van der Waals surface area contributed by atoms with E-state index in [4.69, 9.17) is 10.2 Å². The molecule has 2 rings (SSSR count). The minimum atomic E-state index is -1.08. The highest BCUT2D eigenvalue weighted by Crippen LogP contribution is 2.31. The van der Waals surface area contributed by atoms with Crippen LogP contribution in [0.15, 0.2) is 66.8 Å². The normalized spacial score (nSPS) is 18.9. The SMILES string of the molecule is C=CCNc1ccccc1.CC1(C(=O)O)C=CC=C(C(=O)O)C1. The molecule has 122 valence electrons. The molecule has 3 N–H and O–H groups in total. The molecule has 1 aromatic carbocycles. The fourth-order valence-corrected chi connectivity index (χ4v) is 1.93. The predicted octanol–water partition coefficient (Wildman–Crippen LogP) is 3.33. The van der Waals surface area contributed by atoms with Gasteiger partial charge in [-0.3, -0.25) is 4.79 Å². The van der Waals surface area contributed by atoms with Crippen molar-refractivity contribution in [1.29, 1.82) is 0 Å². The van der Waals surface area contributed by atoms with Crippen LogP contribution in [-0.4, -0.2) is 28.7 Å². The number of benzene rings is 1. The summed E-state index contributed by atoms with van der Waals surface area (Å²) in [7, 11) is 0. The summed E-state index contributed by atoms with van der Waals surface area (Å²) in [5.74, 6) is -2.06. The molecule has 0 aromatic heterocycles. The van der Waals surface area contributed by atoms with Gasteiger partial charge in [0.05, 0.1) is 5.41 Å². The summed E-state index contributed by atoms with van der Waals surface area (Å²) >= 11 is 0. The molecule has 0 radical (unpaired) electrons. The van der Waals surface area contributed by atoms with Crippen molar-refractivity contribution in [3.8, 4) is 0 Å². The van der Waals surface area contributed by atoms with Gasteiger partial charge in [0.1, 0.15) is 0 Å². The van der Waals surface area contributed by atoms with Crippen LogP contribution in [0.2, 0.25) is 0 Å². The minimum Gasteiger partial charge on any atom is -0.481 e. The summed E-state index contributed by atoms with van der Waals surface area (Å²) in [5.41, 5.74) is 0.192. The third-order valence-electron chi connectivity index (χ3n) is 3.31. The van der Waals surface area contributed by atoms with Crippen molar-refractivity contribution in [3.05, 3.63) is 66.8 Å². The van der Waals surface area contributed by atoms with Crippen LogP contribution < -0.4 is 5.32 Å². The van der Waals surface area contributed by atoms with Gasteiger partial charge in [0, 0.05) is 17.8 Å². The van der Waals surface area contributed by atoms with Crippen LogP contribution in [0.25, 0.3) is 0 Å². The fourth-order valence-electron chi connectivity index (χ4n) is 1.93. The Morgan fingerprint density at radius 3 is 2.48 bits per heavy atom. The van der Waals surface area contributed by atoms with Crippen LogP contribution in [-0.2, 0) is 9.59 Å². The highest BCUT2D eigenvalue weighted by Gasteiger charge is 2.34. The van der Waals surface area contributed by atoms with Crippen molar-refractivity contribution in [3.63, 3.8) is 0 Å². The zero-order chi connectivity index (χ0) is 17.3. The quantitative estimate of drug-likeness (QED) is 0.726. The first-order valence-electron chi connectivity index (χ1n) is 7.14. The second kappa shape index (κ2) is 8.58. The molecule has 0 amide bonds. The highest BCUT2D eigenvalue weighted by atomic mass is 16.4. The van der Waals surface area contributed by atoms with Gasteiger partial charge in [-0.15, -0.1) is 6.58 Å². The molecule has 1 aromatic rings. The first kappa shape index (κ1) is 18.2. The second-order valence-electron chi connectivity index (χ2n) is 5.29. The second-order valence-corrected chi connectivity index (χ2v) is 5.29. The summed E-state index contributed by atoms with van der Waals surface area (Å²) in [5, 5.41) is 20.7. The van der Waals surface area contributed by atoms with Crippen molar-refractivity contribution in [2.75, 3.05) is 11.9 Å². The van der Waals surface area contributed by atoms with E-state index >= 15 is 0 Å². The van der Waals surface area contributed by atoms with Gasteiger partial charge in [0.15, 0.2) is 0 Å². The minimum absolute atomic E-state index is 0.0359. The summed E-state index contributed by atoms with van der Waals surface area (Å²) in [6.45, 7) is 5.94. The first-order valence-corrected chi connectivity index (χ1v) is 7.14. The Hall–Kier alpha value is -2.82. The summed E-state index contributed by atoms with van der Waals surface area (Å²) in [6, 6.07) is 10.1. The average molecular weight is 315 g/mol. The number of para-hydroxylation sites is 1. The van der Waals surface area contributed by atoms with E-state index in [1.165, 1.54) is 25.2 Å². The van der Waals surface area contributed by atoms with Gasteiger partial charge in [0.2, 0.25) is 0 Å². The molecule has 5 nitrogen and oxygen atoms in total. The zero-order valence-electron chi connectivity index (χ0n) is 13.0. The maximum atomic E-state index is 10.8. The monoisotopic (exact) mass is 315 g/mol. The van der Waals surface area contributed by atoms with Crippen LogP contribution in [0.1, 0.15) is 13.3 Å². The van der Waals surface area contributed by atoms with E-state index in [9.17, 15) is 9.59 Å². The molecule has 0 saturated heterocycles. The highest BCUT2D eigenvalue weighted by molar-refractivity contribution is 5.90. The lowest BCUT2D eigenvalue weighted by Gasteiger charge is -2.23. The molecule has 1 atom stereocenters. The van der Waals surface area contributed by atoms with Crippen molar-refractivity contribution in [1.82, 2.24) is 0 Å². The van der Waals surface area contributed by atoms with Crippen LogP contribution >= 0.6 is 0 Å². The van der Waals surface area contributed by atoms with Crippen LogP contribution in [0.3, 0.4) is 0 Å². The number of anilines is 1. The van der Waals surface area contributed by atoms with E-state index < -0.39 is 17.4 Å². The fraction of sp³-hybridized carbons (Fsp3) is 0.222. The van der Waals surface area contributed by atoms with Gasteiger partial charge < -0.3 is 15.5 Å². The lowest BCUT2D eigenvalue weighted by molar-refractivity contribution is -0.145. The number of carboxylic acids is 2. The van der Waals surface area contributed by atoms with E-state index in [1.54, 1.807) is 0 Å². The topological polar surface area (TPSA) is 86.6 Å². The Bertz CT molecular complexity index is 619. The van der Waals surface area contributed by atoms with E-state index in [-0.39, 0.29) is 12.0 Å². The van der Waals surface area contributed by atoms with E-state index in [0.717, 1.165) is 12.2 Å². The van der Waals surface area contributed by atoms with Gasteiger partial charge >= 0.3 is 11.9 Å². The Labute approximate surface area is 135 Å². The van der Waals surface area contributed by atoms with E-state index in [2.05, 4.69) is 11.9 Å². The molecule has 0 spiro atoms. The number of aliphatic carboxylic acids is 2.